The normalized spacial score (nSPS) is 10.4. The van der Waals surface area contributed by atoms with Gasteiger partial charge in [-0.25, -0.2) is 5.26 Å². The van der Waals surface area contributed by atoms with Crippen LogP contribution in [0.2, 0.25) is 0 Å². The highest BCUT2D eigenvalue weighted by Gasteiger charge is 1.94. The topological polar surface area (TPSA) is 113 Å². The molecule has 0 unspecified atom stereocenters. The van der Waals surface area contributed by atoms with Crippen LogP contribution in [-0.2, 0) is 50.1 Å². The molecule has 0 saturated carbocycles. The summed E-state index contributed by atoms with van der Waals surface area (Å²) in [5.41, 5.74) is 0. The first-order valence-corrected chi connectivity index (χ1v) is 1.92. The van der Waals surface area contributed by atoms with Gasteiger partial charge in [0.1, 0.15) is 0 Å². The van der Waals surface area contributed by atoms with Crippen molar-refractivity contribution in [3.8, 4) is 0 Å². The van der Waals surface area contributed by atoms with E-state index in [0.717, 1.165) is 0 Å². The molecule has 0 rings (SSSR count). The van der Waals surface area contributed by atoms with E-state index in [1.54, 1.807) is 0 Å². The zero-order valence-corrected chi connectivity index (χ0v) is 5.11. The zero-order valence-electron chi connectivity index (χ0n) is 5.11. The Morgan fingerprint density at radius 3 is 1.50 bits per heavy atom. The molecule has 0 aliphatic heterocycles. The molecule has 0 amide bonds. The van der Waals surface area contributed by atoms with Gasteiger partial charge in [-0.2, -0.15) is 0 Å². The van der Waals surface area contributed by atoms with Gasteiger partial charge >= 0.3 is 8.05 Å². The molecule has 0 aromatic heterocycles. The largest absolute Gasteiger partial charge is 0.342 e. The molecular formula is HBO11. The molecule has 0 atom stereocenters. The van der Waals surface area contributed by atoms with Crippen molar-refractivity contribution in [2.24, 2.45) is 0 Å². The third-order valence-corrected chi connectivity index (χ3v) is 0.264. The molecule has 0 heterocycles. The number of hydrogen-bond acceptors (Lipinski definition) is 11. The Balaban J connectivity index is 2.73. The SMILES string of the molecule is [B]OOOOOOOOOOO. The van der Waals surface area contributed by atoms with Crippen LogP contribution in [0.3, 0.4) is 0 Å². The maximum atomic E-state index is 7.41. The van der Waals surface area contributed by atoms with Gasteiger partial charge in [-0.3, -0.25) is 4.81 Å². The van der Waals surface area contributed by atoms with E-state index in [-0.39, 0.29) is 0 Å². The lowest BCUT2D eigenvalue weighted by Gasteiger charge is -1.96. The maximum absolute atomic E-state index is 7.41. The summed E-state index contributed by atoms with van der Waals surface area (Å²) in [7, 11) is 4.27. The molecule has 12 heavy (non-hydrogen) atoms. The Morgan fingerprint density at radius 2 is 1.08 bits per heavy atom. The summed E-state index contributed by atoms with van der Waals surface area (Å²) in [5, 5.41) is 37.4. The molecule has 2 radical (unpaired) electrons. The molecule has 11 nitrogen and oxygen atoms in total. The van der Waals surface area contributed by atoms with Gasteiger partial charge in [-0.15, -0.1) is 0 Å². The van der Waals surface area contributed by atoms with E-state index in [2.05, 4.69) is 58.2 Å². The van der Waals surface area contributed by atoms with Crippen LogP contribution in [0.25, 0.3) is 0 Å². The Bertz CT molecular complexity index is 61.4. The van der Waals surface area contributed by atoms with Gasteiger partial charge < -0.3 is 0 Å². The van der Waals surface area contributed by atoms with Gasteiger partial charge in [0.25, 0.3) is 0 Å². The molecular weight excluding hydrogens is 187 g/mol. The standard InChI is InChI=1S/BHO11/c1-3-5-7-9-11-12-10-8-6-4-2/h2H. The van der Waals surface area contributed by atoms with Crippen molar-refractivity contribution >= 4 is 8.05 Å². The minimum absolute atomic E-state index is 2.87. The van der Waals surface area contributed by atoms with E-state index in [1.165, 1.54) is 0 Å². The molecule has 0 aliphatic rings. The summed E-state index contributed by atoms with van der Waals surface area (Å²) in [6, 6.07) is 0. The maximum Gasteiger partial charge on any atom is 0.342 e. The molecule has 0 bridgehead atoms. The summed E-state index contributed by atoms with van der Waals surface area (Å²) in [6.45, 7) is 0. The van der Waals surface area contributed by atoms with Crippen LogP contribution >= 0.6 is 0 Å². The minimum atomic E-state index is 2.87. The van der Waals surface area contributed by atoms with Crippen molar-refractivity contribution < 1.29 is 55.4 Å². The van der Waals surface area contributed by atoms with Crippen LogP contribution in [0.15, 0.2) is 0 Å². The molecule has 0 aromatic carbocycles. The summed E-state index contributed by atoms with van der Waals surface area (Å²) in [4.78, 5) is 3.35. The van der Waals surface area contributed by atoms with Crippen LogP contribution in [0, 0.1) is 0 Å². The van der Waals surface area contributed by atoms with Crippen molar-refractivity contribution in [2.45, 2.75) is 0 Å². The van der Waals surface area contributed by atoms with Crippen molar-refractivity contribution in [1.29, 1.82) is 0 Å². The second kappa shape index (κ2) is 10.6. The van der Waals surface area contributed by atoms with Gasteiger partial charge in [-0.05, 0) is 40.3 Å². The first kappa shape index (κ1) is 11.6. The number of rotatable bonds is 9. The molecule has 70 valence electrons. The summed E-state index contributed by atoms with van der Waals surface area (Å²) in [5.74, 6) is 0. The Kier molecular flexibility index (Phi) is 10.3. The highest BCUT2D eigenvalue weighted by Crippen LogP contribution is 1.88. The van der Waals surface area contributed by atoms with Crippen LogP contribution < -0.4 is 0 Å². The zero-order chi connectivity index (χ0) is 9.07. The van der Waals surface area contributed by atoms with E-state index in [9.17, 15) is 0 Å². The van der Waals surface area contributed by atoms with E-state index in [0.29, 0.717) is 0 Å². The van der Waals surface area contributed by atoms with Gasteiger partial charge in [0, 0.05) is 0 Å². The predicted octanol–water partition coefficient (Wildman–Crippen LogP) is -1.06. The van der Waals surface area contributed by atoms with Gasteiger partial charge in [0.15, 0.2) is 0 Å². The molecule has 0 aromatic rings. The number of hydrogen-bond donors (Lipinski definition) is 1. The van der Waals surface area contributed by atoms with Crippen molar-refractivity contribution in [3.05, 3.63) is 0 Å². The second-order valence-corrected chi connectivity index (χ2v) is 0.715. The summed E-state index contributed by atoms with van der Waals surface area (Å²) < 4.78 is 0. The summed E-state index contributed by atoms with van der Waals surface area (Å²) >= 11 is 0. The van der Waals surface area contributed by atoms with Gasteiger partial charge in [-0.1, -0.05) is 5.04 Å². The Hall–Kier alpha value is -0.375. The van der Waals surface area contributed by atoms with E-state index >= 15 is 0 Å². The molecule has 0 fully saturated rings. The van der Waals surface area contributed by atoms with Gasteiger partial charge in [0.2, 0.25) is 0 Å². The van der Waals surface area contributed by atoms with E-state index in [4.69, 9.17) is 5.26 Å². The Morgan fingerprint density at radius 1 is 0.667 bits per heavy atom. The fraction of sp³-hybridized carbons (Fsp3) is 0. The first-order valence-electron chi connectivity index (χ1n) is 1.92. The van der Waals surface area contributed by atoms with Crippen molar-refractivity contribution in [1.82, 2.24) is 0 Å². The molecule has 12 heteroatoms. The molecule has 1 N–H and O–H groups in total. The fourth-order valence-corrected chi connectivity index (χ4v) is 0.0965. The van der Waals surface area contributed by atoms with Crippen LogP contribution in [0.5, 0.6) is 0 Å². The smallest absolute Gasteiger partial charge is 0.286 e. The monoisotopic (exact) mass is 188 g/mol. The lowest BCUT2D eigenvalue weighted by atomic mass is 10.6. The van der Waals surface area contributed by atoms with E-state index < -0.39 is 0 Å². The Labute approximate surface area is 64.8 Å². The average molecular weight is 188 g/mol. The van der Waals surface area contributed by atoms with Crippen LogP contribution in [-0.4, -0.2) is 13.3 Å². The van der Waals surface area contributed by atoms with Crippen molar-refractivity contribution in [3.63, 3.8) is 0 Å². The third kappa shape index (κ3) is 9.62. The van der Waals surface area contributed by atoms with E-state index in [1.807, 2.05) is 0 Å². The average Bonchev–Trinajstić information content (AvgIpc) is 2.10. The first-order chi connectivity index (χ1) is 5.91. The van der Waals surface area contributed by atoms with Crippen molar-refractivity contribution in [2.75, 3.05) is 0 Å². The highest BCUT2D eigenvalue weighted by atomic mass is 17.9. The molecule has 0 spiro atoms. The highest BCUT2D eigenvalue weighted by molar-refractivity contribution is 5.97. The predicted molar refractivity (Wildman–Crippen MR) is 19.2 cm³/mol. The minimum Gasteiger partial charge on any atom is -0.286 e. The molecule has 0 aliphatic carbocycles. The third-order valence-electron chi connectivity index (χ3n) is 0.264. The van der Waals surface area contributed by atoms with Crippen LogP contribution in [0.4, 0.5) is 0 Å². The van der Waals surface area contributed by atoms with Crippen LogP contribution in [0.1, 0.15) is 0 Å². The van der Waals surface area contributed by atoms with Gasteiger partial charge in [0.05, 0.1) is 0 Å². The lowest BCUT2D eigenvalue weighted by molar-refractivity contribution is -0.851. The summed E-state index contributed by atoms with van der Waals surface area (Å²) in [6.07, 6.45) is 0. The quantitative estimate of drug-likeness (QED) is 0.206. The second-order valence-electron chi connectivity index (χ2n) is 0.715. The lowest BCUT2D eigenvalue weighted by Crippen LogP contribution is -2.02. The molecule has 0 saturated heterocycles. The fourth-order valence-electron chi connectivity index (χ4n) is 0.0965.